The van der Waals surface area contributed by atoms with Crippen LogP contribution in [0.4, 0.5) is 10.5 Å². The summed E-state index contributed by atoms with van der Waals surface area (Å²) in [6.45, 7) is 3.83. The van der Waals surface area contributed by atoms with Crippen molar-refractivity contribution in [3.05, 3.63) is 29.8 Å². The van der Waals surface area contributed by atoms with Crippen molar-refractivity contribution in [1.82, 2.24) is 0 Å². The van der Waals surface area contributed by atoms with Crippen LogP contribution in [0.5, 0.6) is 0 Å². The van der Waals surface area contributed by atoms with Crippen molar-refractivity contribution in [3.63, 3.8) is 0 Å². The van der Waals surface area contributed by atoms with E-state index in [0.29, 0.717) is 18.6 Å². The molecule has 0 fully saturated rings. The van der Waals surface area contributed by atoms with Crippen molar-refractivity contribution in [2.24, 2.45) is 0 Å². The topological polar surface area (TPSA) is 46.2 Å². The normalized spacial score (nSPS) is 10.0. The van der Waals surface area contributed by atoms with Crippen LogP contribution in [0.2, 0.25) is 0 Å². The van der Waals surface area contributed by atoms with Gasteiger partial charge in [-0.25, -0.2) is 0 Å². The Kier molecular flexibility index (Phi) is 5.77. The van der Waals surface area contributed by atoms with Gasteiger partial charge in [-0.2, -0.15) is 0 Å². The second-order valence-electron chi connectivity index (χ2n) is 3.77. The van der Waals surface area contributed by atoms with E-state index in [2.05, 4.69) is 5.32 Å². The molecule has 92 valence electrons. The van der Waals surface area contributed by atoms with E-state index in [1.165, 1.54) is 0 Å². The number of hydrogen-bond donors (Lipinski definition) is 1. The Morgan fingerprint density at radius 3 is 2.47 bits per heavy atom. The summed E-state index contributed by atoms with van der Waals surface area (Å²) in [7, 11) is 0. The summed E-state index contributed by atoms with van der Waals surface area (Å²) in [4.78, 5) is 22.6. The van der Waals surface area contributed by atoms with Crippen LogP contribution < -0.4 is 5.32 Å². The summed E-state index contributed by atoms with van der Waals surface area (Å²) in [5.41, 5.74) is 1.94. The molecular weight excluding hydrogens is 234 g/mol. The van der Waals surface area contributed by atoms with E-state index in [9.17, 15) is 9.59 Å². The van der Waals surface area contributed by atoms with Gasteiger partial charge < -0.3 is 5.32 Å². The molecule has 0 saturated carbocycles. The lowest BCUT2D eigenvalue weighted by molar-refractivity contribution is -0.118. The number of ketones is 1. The van der Waals surface area contributed by atoms with Crippen LogP contribution >= 0.6 is 11.8 Å². The summed E-state index contributed by atoms with van der Waals surface area (Å²) in [5, 5.41) is 2.66. The van der Waals surface area contributed by atoms with Gasteiger partial charge in [0.15, 0.2) is 0 Å². The zero-order chi connectivity index (χ0) is 12.7. The number of carbonyl (C=O) groups is 2. The minimum atomic E-state index is -0.113. The predicted octanol–water partition coefficient (Wildman–Crippen LogP) is 3.63. The SMILES string of the molecule is CCC(=O)CCSC(=O)Nc1ccc(C)cc1. The van der Waals surface area contributed by atoms with Crippen molar-refractivity contribution in [1.29, 1.82) is 0 Å². The molecule has 0 spiro atoms. The number of anilines is 1. The lowest BCUT2D eigenvalue weighted by atomic mass is 10.2. The van der Waals surface area contributed by atoms with Gasteiger partial charge in [-0.3, -0.25) is 9.59 Å². The molecule has 17 heavy (non-hydrogen) atoms. The van der Waals surface area contributed by atoms with Crippen LogP contribution in [-0.4, -0.2) is 16.8 Å². The molecule has 0 heterocycles. The number of hydrogen-bond acceptors (Lipinski definition) is 3. The molecular formula is C13H17NO2S. The minimum absolute atomic E-state index is 0.113. The molecule has 4 heteroatoms. The van der Waals surface area contributed by atoms with Gasteiger partial charge in [-0.05, 0) is 19.1 Å². The average molecular weight is 251 g/mol. The maximum absolute atomic E-state index is 11.5. The highest BCUT2D eigenvalue weighted by Gasteiger charge is 2.04. The number of Topliss-reactive ketones (excluding diaryl/α,β-unsaturated/α-hetero) is 1. The van der Waals surface area contributed by atoms with E-state index in [0.717, 1.165) is 23.0 Å². The Balaban J connectivity index is 2.30. The number of aryl methyl sites for hydroxylation is 1. The summed E-state index contributed by atoms with van der Waals surface area (Å²) in [6.07, 6.45) is 1.00. The highest BCUT2D eigenvalue weighted by molar-refractivity contribution is 8.13. The quantitative estimate of drug-likeness (QED) is 0.869. The van der Waals surface area contributed by atoms with Crippen molar-refractivity contribution in [3.8, 4) is 0 Å². The molecule has 0 aliphatic carbocycles. The van der Waals surface area contributed by atoms with Gasteiger partial charge in [0.05, 0.1) is 0 Å². The fourth-order valence-corrected chi connectivity index (χ4v) is 1.93. The van der Waals surface area contributed by atoms with E-state index >= 15 is 0 Å². The van der Waals surface area contributed by atoms with Gasteiger partial charge in [0.2, 0.25) is 0 Å². The number of rotatable bonds is 5. The summed E-state index contributed by atoms with van der Waals surface area (Å²) in [6, 6.07) is 7.62. The largest absolute Gasteiger partial charge is 0.317 e. The van der Waals surface area contributed by atoms with Gasteiger partial charge >= 0.3 is 0 Å². The molecule has 1 aromatic rings. The lowest BCUT2D eigenvalue weighted by Crippen LogP contribution is -2.07. The first-order valence-corrected chi connectivity index (χ1v) is 6.62. The van der Waals surface area contributed by atoms with E-state index in [1.807, 2.05) is 38.1 Å². The van der Waals surface area contributed by atoms with Crippen LogP contribution in [0.1, 0.15) is 25.3 Å². The number of nitrogens with one attached hydrogen (secondary N) is 1. The van der Waals surface area contributed by atoms with Crippen LogP contribution in [0.3, 0.4) is 0 Å². The maximum Gasteiger partial charge on any atom is 0.283 e. The first kappa shape index (κ1) is 13.8. The first-order chi connectivity index (χ1) is 8.11. The van der Waals surface area contributed by atoms with Crippen LogP contribution in [-0.2, 0) is 4.79 Å². The second-order valence-corrected chi connectivity index (χ2v) is 4.84. The molecule has 0 saturated heterocycles. The van der Waals surface area contributed by atoms with E-state index in [4.69, 9.17) is 0 Å². The molecule has 1 aromatic carbocycles. The molecule has 0 radical (unpaired) electrons. The van der Waals surface area contributed by atoms with E-state index in [1.54, 1.807) is 0 Å². The third-order valence-electron chi connectivity index (χ3n) is 2.31. The molecule has 1 amide bonds. The number of carbonyl (C=O) groups excluding carboxylic acids is 2. The maximum atomic E-state index is 11.5. The van der Waals surface area contributed by atoms with Crippen molar-refractivity contribution >= 4 is 28.5 Å². The summed E-state index contributed by atoms with van der Waals surface area (Å²) >= 11 is 1.15. The highest BCUT2D eigenvalue weighted by Crippen LogP contribution is 2.13. The van der Waals surface area contributed by atoms with E-state index < -0.39 is 0 Å². The van der Waals surface area contributed by atoms with Gasteiger partial charge in [0.25, 0.3) is 5.24 Å². The van der Waals surface area contributed by atoms with Crippen molar-refractivity contribution in [2.45, 2.75) is 26.7 Å². The molecule has 3 nitrogen and oxygen atoms in total. The predicted molar refractivity (Wildman–Crippen MR) is 72.6 cm³/mol. The Morgan fingerprint density at radius 2 is 1.88 bits per heavy atom. The molecule has 1 rings (SSSR count). The molecule has 0 aliphatic heterocycles. The lowest BCUT2D eigenvalue weighted by Gasteiger charge is -2.04. The number of benzene rings is 1. The molecule has 1 N–H and O–H groups in total. The van der Waals surface area contributed by atoms with Crippen molar-refractivity contribution < 1.29 is 9.59 Å². The molecule has 0 aliphatic rings. The van der Waals surface area contributed by atoms with Crippen LogP contribution in [0.15, 0.2) is 24.3 Å². The zero-order valence-electron chi connectivity index (χ0n) is 10.2. The number of amides is 1. The van der Waals surface area contributed by atoms with Crippen LogP contribution in [0.25, 0.3) is 0 Å². The van der Waals surface area contributed by atoms with Crippen LogP contribution in [0, 0.1) is 6.92 Å². The summed E-state index contributed by atoms with van der Waals surface area (Å²) in [5.74, 6) is 0.741. The fourth-order valence-electron chi connectivity index (χ4n) is 1.23. The standard InChI is InChI=1S/C13H17NO2S/c1-3-12(15)8-9-17-13(16)14-11-6-4-10(2)5-7-11/h4-7H,3,8-9H2,1-2H3,(H,14,16). The van der Waals surface area contributed by atoms with Gasteiger partial charge in [-0.15, -0.1) is 0 Å². The third kappa shape index (κ3) is 5.54. The zero-order valence-corrected chi connectivity index (χ0v) is 11.0. The highest BCUT2D eigenvalue weighted by atomic mass is 32.2. The Labute approximate surface area is 106 Å². The summed E-state index contributed by atoms with van der Waals surface area (Å²) < 4.78 is 0. The van der Waals surface area contributed by atoms with Gasteiger partial charge in [-0.1, -0.05) is 36.4 Å². The minimum Gasteiger partial charge on any atom is -0.317 e. The first-order valence-electron chi connectivity index (χ1n) is 5.64. The molecule has 0 aromatic heterocycles. The molecule has 0 unspecified atom stereocenters. The average Bonchev–Trinajstić information content (AvgIpc) is 2.32. The Morgan fingerprint density at radius 1 is 1.24 bits per heavy atom. The van der Waals surface area contributed by atoms with Crippen molar-refractivity contribution in [2.75, 3.05) is 11.1 Å². The second kappa shape index (κ2) is 7.12. The smallest absolute Gasteiger partial charge is 0.283 e. The molecule has 0 bridgehead atoms. The van der Waals surface area contributed by atoms with E-state index in [-0.39, 0.29) is 11.0 Å². The third-order valence-corrected chi connectivity index (χ3v) is 3.08. The monoisotopic (exact) mass is 251 g/mol. The van der Waals surface area contributed by atoms with Gasteiger partial charge in [0, 0.05) is 24.3 Å². The Hall–Kier alpha value is -1.29. The fraction of sp³-hybridized carbons (Fsp3) is 0.385. The number of thioether (sulfide) groups is 1. The van der Waals surface area contributed by atoms with Gasteiger partial charge in [0.1, 0.15) is 5.78 Å². The molecule has 0 atom stereocenters. The Bertz CT molecular complexity index is 387.